The van der Waals surface area contributed by atoms with Gasteiger partial charge in [0.2, 0.25) is 0 Å². The maximum absolute atomic E-state index is 3.47. The molecule has 0 amide bonds. The van der Waals surface area contributed by atoms with E-state index in [9.17, 15) is 0 Å². The Morgan fingerprint density at radius 2 is 1.35 bits per heavy atom. The van der Waals surface area contributed by atoms with Crippen molar-refractivity contribution in [2.24, 2.45) is 40.4 Å². The van der Waals surface area contributed by atoms with E-state index in [1.54, 1.807) is 47.4 Å². The van der Waals surface area contributed by atoms with E-state index >= 15 is 0 Å². The van der Waals surface area contributed by atoms with E-state index in [4.69, 9.17) is 0 Å². The number of aryl methyl sites for hydroxylation is 1. The molecule has 7 aliphatic carbocycles. The van der Waals surface area contributed by atoms with Crippen LogP contribution in [0, 0.1) is 73.2 Å². The molecule has 5 atom stereocenters. The van der Waals surface area contributed by atoms with Gasteiger partial charge in [-0.15, -0.1) is 11.1 Å². The van der Waals surface area contributed by atoms with Crippen LogP contribution in [0.1, 0.15) is 143 Å². The first-order valence-corrected chi connectivity index (χ1v) is 23.1. The summed E-state index contributed by atoms with van der Waals surface area (Å²) in [7, 11) is 0. The van der Waals surface area contributed by atoms with Crippen LogP contribution in [0.25, 0.3) is 21.9 Å². The van der Waals surface area contributed by atoms with Crippen LogP contribution in [-0.4, -0.2) is 3.71 Å². The van der Waals surface area contributed by atoms with Crippen molar-refractivity contribution in [2.45, 2.75) is 126 Å². The third-order valence-electron chi connectivity index (χ3n) is 16.2. The summed E-state index contributed by atoms with van der Waals surface area (Å²) in [5, 5.41) is 2.93. The zero-order chi connectivity index (χ0) is 39.0. The SMILES string of the molecule is CC1=CC(C)(C23CC4CC(CC(C4)C2)C3)C=[C-]1.Cc1cc2c(c(C)c1C)C(C)c1c3c(c4ccccc4c1-2)C(C)C(C)C(C)[C-]3C.[Cl-].[Cl-].[Zr+2]=[CH]Cc1ccccc1. The average molecular weight is 875 g/mol. The molecule has 4 saturated carbocycles. The van der Waals surface area contributed by atoms with E-state index in [2.05, 4.69) is 146 Å². The van der Waals surface area contributed by atoms with Gasteiger partial charge in [0.05, 0.1) is 0 Å². The minimum absolute atomic E-state index is 0. The van der Waals surface area contributed by atoms with Crippen LogP contribution in [0.5, 0.6) is 0 Å². The summed E-state index contributed by atoms with van der Waals surface area (Å²) in [4.78, 5) is 0. The molecule has 57 heavy (non-hydrogen) atoms. The van der Waals surface area contributed by atoms with Gasteiger partial charge in [0.25, 0.3) is 0 Å². The van der Waals surface area contributed by atoms with E-state index in [-0.39, 0.29) is 24.8 Å². The quantitative estimate of drug-likeness (QED) is 0.182. The Labute approximate surface area is 373 Å². The van der Waals surface area contributed by atoms with Crippen molar-refractivity contribution in [3.63, 3.8) is 0 Å². The predicted octanol–water partition coefficient (Wildman–Crippen LogP) is 8.34. The molecule has 0 spiro atoms. The molecule has 4 bridgehead atoms. The fraction of sp³-hybridized carbons (Fsp3) is 0.481. The molecule has 7 aliphatic rings. The summed E-state index contributed by atoms with van der Waals surface area (Å²) in [6, 6.07) is 22.2. The Hall–Kier alpha value is -2.18. The van der Waals surface area contributed by atoms with Gasteiger partial charge in [-0.05, 0) is 122 Å². The predicted molar refractivity (Wildman–Crippen MR) is 232 cm³/mol. The van der Waals surface area contributed by atoms with E-state index in [1.807, 2.05) is 6.07 Å². The first-order chi connectivity index (χ1) is 26.3. The molecule has 4 aromatic rings. The molecule has 0 heterocycles. The van der Waals surface area contributed by atoms with Crippen molar-refractivity contribution < 1.29 is 49.0 Å². The van der Waals surface area contributed by atoms with Crippen LogP contribution < -0.4 is 24.8 Å². The van der Waals surface area contributed by atoms with Crippen LogP contribution in [-0.2, 0) is 30.7 Å². The van der Waals surface area contributed by atoms with E-state index in [0.717, 1.165) is 24.2 Å². The summed E-state index contributed by atoms with van der Waals surface area (Å²) in [5.74, 6) is 7.11. The molecule has 0 nitrogen and oxygen atoms in total. The summed E-state index contributed by atoms with van der Waals surface area (Å²) >= 11 is 1.51. The Morgan fingerprint density at radius 3 is 1.91 bits per heavy atom. The fourth-order valence-corrected chi connectivity index (χ4v) is 13.6. The second-order valence-electron chi connectivity index (χ2n) is 19.4. The Morgan fingerprint density at radius 1 is 0.772 bits per heavy atom. The van der Waals surface area contributed by atoms with Crippen LogP contribution in [0.3, 0.4) is 0 Å². The van der Waals surface area contributed by atoms with Crippen molar-refractivity contribution in [3.05, 3.63) is 135 Å². The van der Waals surface area contributed by atoms with Crippen LogP contribution in [0.2, 0.25) is 0 Å². The molecule has 300 valence electrons. The second kappa shape index (κ2) is 17.1. The fourth-order valence-electron chi connectivity index (χ4n) is 13.0. The average Bonchev–Trinajstić information content (AvgIpc) is 3.68. The number of allylic oxidation sites excluding steroid dienone is 4. The Bertz CT molecular complexity index is 2160. The molecule has 0 N–H and O–H groups in total. The van der Waals surface area contributed by atoms with Gasteiger partial charge in [0.1, 0.15) is 0 Å². The maximum atomic E-state index is 3.47. The summed E-state index contributed by atoms with van der Waals surface area (Å²) in [6.45, 7) is 23.8. The molecular weight excluding hydrogens is 811 g/mol. The first kappa shape index (κ1) is 44.4. The van der Waals surface area contributed by atoms with Gasteiger partial charge in [-0.2, -0.15) is 17.6 Å². The first-order valence-electron chi connectivity index (χ1n) is 21.6. The molecule has 3 heteroatoms. The number of rotatable bonds is 3. The standard InChI is InChI=1S/C29H33.C17H23.C8H8.2ClH.Zr/c1-14-13-24-25(18(5)15(14)2)21(8)28-27-20(7)17(4)16(3)19(6)26(27)22-11-9-10-12-23(22)29(24)28;1-12-3-4-16(2,8-12)17-9-13-5-14(10-17)7-15(6-13)11-17;1-2-8-6-4-3-5-7-8;;;/h9-13,16-17,19,21H,1-8H3;4,8,13-15H,5-7,9-11H2,1-2H3;1,3-7H,2H2;2*1H;/q2*-1;;;;+2/p-2. The molecule has 4 aromatic carbocycles. The zero-order valence-electron chi connectivity index (χ0n) is 36.3. The third kappa shape index (κ3) is 7.50. The molecule has 4 fully saturated rings. The number of hydrogen-bond acceptors (Lipinski definition) is 0. The molecule has 0 saturated heterocycles. The summed E-state index contributed by atoms with van der Waals surface area (Å²) in [6.07, 6.45) is 18.6. The number of hydrogen-bond donors (Lipinski definition) is 0. The van der Waals surface area contributed by atoms with Crippen LogP contribution in [0.15, 0.2) is 78.4 Å². The third-order valence-corrected chi connectivity index (χ3v) is 16.7. The molecule has 11 rings (SSSR count). The monoisotopic (exact) mass is 872 g/mol. The van der Waals surface area contributed by atoms with Gasteiger partial charge in [-0.1, -0.05) is 113 Å². The van der Waals surface area contributed by atoms with E-state index < -0.39 is 0 Å². The number of fused-ring (bicyclic) bond motifs is 8. The topological polar surface area (TPSA) is 0 Å². The van der Waals surface area contributed by atoms with Crippen molar-refractivity contribution in [1.29, 1.82) is 0 Å². The molecular formula is C54H64Cl2Zr-2. The zero-order valence-corrected chi connectivity index (χ0v) is 40.2. The normalized spacial score (nSPS) is 30.8. The summed E-state index contributed by atoms with van der Waals surface area (Å²) < 4.78 is 2.25. The van der Waals surface area contributed by atoms with Crippen molar-refractivity contribution >= 4 is 14.5 Å². The summed E-state index contributed by atoms with van der Waals surface area (Å²) in [5.41, 5.74) is 17.4. The molecule has 5 unspecified atom stereocenters. The molecule has 0 aromatic heterocycles. The van der Waals surface area contributed by atoms with Gasteiger partial charge < -0.3 is 24.8 Å². The minimum atomic E-state index is 0. The van der Waals surface area contributed by atoms with Crippen molar-refractivity contribution in [3.8, 4) is 11.1 Å². The van der Waals surface area contributed by atoms with Crippen LogP contribution >= 0.6 is 0 Å². The van der Waals surface area contributed by atoms with Gasteiger partial charge in [-0.25, -0.2) is 11.6 Å². The van der Waals surface area contributed by atoms with Gasteiger partial charge in [0, 0.05) is 0 Å². The van der Waals surface area contributed by atoms with Crippen molar-refractivity contribution in [1.82, 2.24) is 0 Å². The molecule has 0 radical (unpaired) electrons. The van der Waals surface area contributed by atoms with Crippen LogP contribution in [0.4, 0.5) is 0 Å². The Balaban J connectivity index is 0.000000165. The van der Waals surface area contributed by atoms with Gasteiger partial charge in [0.15, 0.2) is 0 Å². The number of benzene rings is 4. The molecule has 0 aliphatic heterocycles. The van der Waals surface area contributed by atoms with E-state index in [0.29, 0.717) is 34.5 Å². The number of halogens is 2. The Kier molecular flexibility index (Phi) is 13.3. The van der Waals surface area contributed by atoms with E-state index in [1.165, 1.54) is 93.2 Å². The van der Waals surface area contributed by atoms with Gasteiger partial charge >= 0.3 is 70.3 Å². The van der Waals surface area contributed by atoms with Crippen molar-refractivity contribution in [2.75, 3.05) is 0 Å². The van der Waals surface area contributed by atoms with Gasteiger partial charge in [-0.3, -0.25) is 6.08 Å². The second-order valence-corrected chi connectivity index (χ2v) is 20.4.